The highest BCUT2D eigenvalue weighted by Crippen LogP contribution is 2.43. The maximum absolute atomic E-state index is 11.7. The van der Waals surface area contributed by atoms with Gasteiger partial charge in [-0.3, -0.25) is 9.59 Å². The molecule has 0 unspecified atom stereocenters. The summed E-state index contributed by atoms with van der Waals surface area (Å²) in [5.41, 5.74) is -0.128. The second kappa shape index (κ2) is 11.1. The third-order valence-corrected chi connectivity index (χ3v) is 5.67. The van der Waals surface area contributed by atoms with Crippen LogP contribution in [0.1, 0.15) is 70.6 Å². The number of hydrogen-bond acceptors (Lipinski definition) is 4. The van der Waals surface area contributed by atoms with Crippen molar-refractivity contribution in [1.29, 1.82) is 0 Å². The highest BCUT2D eigenvalue weighted by Gasteiger charge is 2.41. The number of unbranched alkanes of at least 4 members (excludes halogenated alkanes) is 1. The Morgan fingerprint density at radius 1 is 1.00 bits per heavy atom. The van der Waals surface area contributed by atoms with Crippen LogP contribution in [0.3, 0.4) is 0 Å². The van der Waals surface area contributed by atoms with Gasteiger partial charge in [0.15, 0.2) is 0 Å². The van der Waals surface area contributed by atoms with Gasteiger partial charge in [-0.2, -0.15) is 0 Å². The topological polar surface area (TPSA) is 52.6 Å². The van der Waals surface area contributed by atoms with Crippen molar-refractivity contribution in [2.75, 3.05) is 19.5 Å². The van der Waals surface area contributed by atoms with Gasteiger partial charge in [0, 0.05) is 5.33 Å². The Kier molecular flexibility index (Phi) is 9.84. The van der Waals surface area contributed by atoms with Crippen LogP contribution in [0.25, 0.3) is 0 Å². The Hall–Kier alpha value is -0.580. The number of ether oxygens (including phenoxy) is 2. The molecular formula is C18H31BrO4. The molecule has 2 rings (SSSR count). The Bertz CT molecular complexity index is 358. The number of methoxy groups -OCH3 is 2. The van der Waals surface area contributed by atoms with Gasteiger partial charge < -0.3 is 9.47 Å². The number of carbonyl (C=O) groups excluding carboxylic acids is 2. The predicted molar refractivity (Wildman–Crippen MR) is 94.5 cm³/mol. The van der Waals surface area contributed by atoms with Crippen molar-refractivity contribution in [3.8, 4) is 0 Å². The number of hydrogen-bond donors (Lipinski definition) is 0. The summed E-state index contributed by atoms with van der Waals surface area (Å²) in [7, 11) is 2.97. The van der Waals surface area contributed by atoms with Crippen LogP contribution in [0.15, 0.2) is 0 Å². The maximum atomic E-state index is 11.7. The molecule has 4 nitrogen and oxygen atoms in total. The van der Waals surface area contributed by atoms with Crippen molar-refractivity contribution in [2.45, 2.75) is 70.6 Å². The highest BCUT2D eigenvalue weighted by atomic mass is 79.9. The van der Waals surface area contributed by atoms with E-state index < -0.39 is 0 Å². The minimum Gasteiger partial charge on any atom is -0.469 e. The molecular weight excluding hydrogens is 360 g/mol. The summed E-state index contributed by atoms with van der Waals surface area (Å²) in [6.07, 6.45) is 12.2. The minimum absolute atomic E-state index is 0.0181. The summed E-state index contributed by atoms with van der Waals surface area (Å²) < 4.78 is 9.51. The average Bonchev–Trinajstić information content (AvgIpc) is 3.26. The van der Waals surface area contributed by atoms with Crippen molar-refractivity contribution >= 4 is 27.9 Å². The first-order chi connectivity index (χ1) is 11.1. The van der Waals surface area contributed by atoms with E-state index in [1.807, 2.05) is 0 Å². The summed E-state index contributed by atoms with van der Waals surface area (Å²) in [6.45, 7) is 0. The fourth-order valence-electron chi connectivity index (χ4n) is 3.71. The van der Waals surface area contributed by atoms with E-state index in [-0.39, 0.29) is 23.3 Å². The molecule has 0 radical (unpaired) electrons. The average molecular weight is 391 g/mol. The zero-order valence-corrected chi connectivity index (χ0v) is 16.2. The SMILES string of the molecule is COC(=O)C1(CCCCBr)CCCC1.COC(=O)C1CCCC1. The maximum Gasteiger partial charge on any atom is 0.311 e. The summed E-state index contributed by atoms with van der Waals surface area (Å²) in [6, 6.07) is 0. The number of carbonyl (C=O) groups is 2. The van der Waals surface area contributed by atoms with Crippen molar-refractivity contribution in [1.82, 2.24) is 0 Å². The minimum atomic E-state index is -0.128. The second-order valence-corrected chi connectivity index (χ2v) is 7.42. The molecule has 134 valence electrons. The van der Waals surface area contributed by atoms with Gasteiger partial charge in [0.2, 0.25) is 0 Å². The number of halogens is 1. The van der Waals surface area contributed by atoms with Crippen molar-refractivity contribution < 1.29 is 19.1 Å². The van der Waals surface area contributed by atoms with Crippen molar-refractivity contribution in [3.63, 3.8) is 0 Å². The highest BCUT2D eigenvalue weighted by molar-refractivity contribution is 9.09. The van der Waals surface area contributed by atoms with Gasteiger partial charge in [-0.05, 0) is 38.5 Å². The van der Waals surface area contributed by atoms with Crippen LogP contribution in [0.5, 0.6) is 0 Å². The summed E-state index contributed by atoms with van der Waals surface area (Å²) in [5, 5.41) is 1.03. The van der Waals surface area contributed by atoms with E-state index in [1.54, 1.807) is 0 Å². The van der Waals surface area contributed by atoms with Gasteiger partial charge in [-0.15, -0.1) is 0 Å². The molecule has 0 N–H and O–H groups in total. The molecule has 0 saturated heterocycles. The van der Waals surface area contributed by atoms with E-state index >= 15 is 0 Å². The Morgan fingerprint density at radius 2 is 1.61 bits per heavy atom. The molecule has 0 heterocycles. The zero-order chi connectivity index (χ0) is 17.1. The monoisotopic (exact) mass is 390 g/mol. The lowest BCUT2D eigenvalue weighted by molar-refractivity contribution is -0.153. The number of alkyl halides is 1. The predicted octanol–water partition coefficient (Wildman–Crippen LogP) is 4.63. The normalized spacial score (nSPS) is 19.8. The van der Waals surface area contributed by atoms with Gasteiger partial charge in [0.1, 0.15) is 0 Å². The molecule has 0 aromatic heterocycles. The first kappa shape index (κ1) is 20.5. The van der Waals surface area contributed by atoms with Gasteiger partial charge in [0.25, 0.3) is 0 Å². The largest absolute Gasteiger partial charge is 0.469 e. The van der Waals surface area contributed by atoms with Gasteiger partial charge in [-0.25, -0.2) is 0 Å². The molecule has 2 aliphatic carbocycles. The van der Waals surface area contributed by atoms with E-state index in [0.717, 1.165) is 50.3 Å². The van der Waals surface area contributed by atoms with E-state index in [4.69, 9.17) is 4.74 Å². The van der Waals surface area contributed by atoms with Crippen LogP contribution < -0.4 is 0 Å². The molecule has 0 aromatic carbocycles. The molecule has 2 fully saturated rings. The first-order valence-corrected chi connectivity index (χ1v) is 9.94. The second-order valence-electron chi connectivity index (χ2n) is 6.63. The van der Waals surface area contributed by atoms with E-state index in [9.17, 15) is 9.59 Å². The molecule has 2 aliphatic rings. The molecule has 0 bridgehead atoms. The van der Waals surface area contributed by atoms with Crippen molar-refractivity contribution in [3.05, 3.63) is 0 Å². The Labute approximate surface area is 148 Å². The Balaban J connectivity index is 0.000000253. The Morgan fingerprint density at radius 3 is 2.09 bits per heavy atom. The molecule has 0 aliphatic heterocycles. The van der Waals surface area contributed by atoms with Crippen LogP contribution in [0.4, 0.5) is 0 Å². The number of esters is 2. The fraction of sp³-hybridized carbons (Fsp3) is 0.889. The van der Waals surface area contributed by atoms with Crippen LogP contribution in [-0.4, -0.2) is 31.5 Å². The van der Waals surface area contributed by atoms with Crippen molar-refractivity contribution in [2.24, 2.45) is 11.3 Å². The molecule has 23 heavy (non-hydrogen) atoms. The van der Waals surface area contributed by atoms with Gasteiger partial charge in [0.05, 0.1) is 25.6 Å². The first-order valence-electron chi connectivity index (χ1n) is 8.82. The van der Waals surface area contributed by atoms with Crippen LogP contribution in [0.2, 0.25) is 0 Å². The van der Waals surface area contributed by atoms with Gasteiger partial charge in [-0.1, -0.05) is 48.0 Å². The molecule has 0 amide bonds. The smallest absolute Gasteiger partial charge is 0.311 e. The lowest BCUT2D eigenvalue weighted by Crippen LogP contribution is -2.29. The third kappa shape index (κ3) is 6.44. The van der Waals surface area contributed by atoms with Crippen LogP contribution >= 0.6 is 15.9 Å². The van der Waals surface area contributed by atoms with Crippen LogP contribution in [0, 0.1) is 11.3 Å². The lowest BCUT2D eigenvalue weighted by Gasteiger charge is -2.25. The number of rotatable bonds is 6. The standard InChI is InChI=1S/C11H19BrO2.C7H12O2/c1-14-10(13)11(6-2-3-7-11)8-4-5-9-12;1-9-7(8)6-4-2-3-5-6/h2-9H2,1H3;6H,2-5H2,1H3. The zero-order valence-electron chi connectivity index (χ0n) is 14.6. The van der Waals surface area contributed by atoms with Gasteiger partial charge >= 0.3 is 11.9 Å². The molecule has 0 spiro atoms. The van der Waals surface area contributed by atoms with Crippen LogP contribution in [-0.2, 0) is 19.1 Å². The molecule has 2 saturated carbocycles. The molecule has 5 heteroatoms. The summed E-state index contributed by atoms with van der Waals surface area (Å²) >= 11 is 3.41. The summed E-state index contributed by atoms with van der Waals surface area (Å²) in [5.74, 6) is 0.215. The molecule has 0 atom stereocenters. The van der Waals surface area contributed by atoms with E-state index in [0.29, 0.717) is 0 Å². The van der Waals surface area contributed by atoms with E-state index in [2.05, 4.69) is 20.7 Å². The third-order valence-electron chi connectivity index (χ3n) is 5.11. The summed E-state index contributed by atoms with van der Waals surface area (Å²) in [4.78, 5) is 22.5. The quantitative estimate of drug-likeness (QED) is 0.376. The fourth-order valence-corrected chi connectivity index (χ4v) is 4.11. The van der Waals surface area contributed by atoms with E-state index in [1.165, 1.54) is 39.9 Å². The lowest BCUT2D eigenvalue weighted by atomic mass is 9.81. The molecule has 0 aromatic rings.